The van der Waals surface area contributed by atoms with E-state index in [0.717, 1.165) is 17.7 Å². The van der Waals surface area contributed by atoms with Crippen molar-refractivity contribution in [3.05, 3.63) is 78.9 Å². The first-order chi connectivity index (χ1) is 15.0. The molecule has 7 nitrogen and oxygen atoms in total. The van der Waals surface area contributed by atoms with E-state index in [2.05, 4.69) is 22.0 Å². The first-order valence-electron chi connectivity index (χ1n) is 10.1. The van der Waals surface area contributed by atoms with Crippen LogP contribution in [0, 0.1) is 6.92 Å². The second-order valence-corrected chi connectivity index (χ2v) is 8.72. The smallest absolute Gasteiger partial charge is 0.272 e. The Morgan fingerprint density at radius 2 is 2.10 bits per heavy atom. The Bertz CT molecular complexity index is 1280. The van der Waals surface area contributed by atoms with Gasteiger partial charge in [0.15, 0.2) is 0 Å². The predicted octanol–water partition coefficient (Wildman–Crippen LogP) is 4.63. The fourth-order valence-electron chi connectivity index (χ4n) is 3.38. The van der Waals surface area contributed by atoms with E-state index in [9.17, 15) is 9.59 Å². The van der Waals surface area contributed by atoms with Gasteiger partial charge in [0.2, 0.25) is 5.95 Å². The third-order valence-corrected chi connectivity index (χ3v) is 6.13. The van der Waals surface area contributed by atoms with Gasteiger partial charge in [0.1, 0.15) is 0 Å². The number of amides is 1. The van der Waals surface area contributed by atoms with Gasteiger partial charge in [0.05, 0.1) is 12.2 Å². The number of aryl methyl sites for hydroxylation is 1. The lowest BCUT2D eigenvalue weighted by Crippen LogP contribution is -2.31. The molecule has 0 aliphatic heterocycles. The lowest BCUT2D eigenvalue weighted by Gasteiger charge is -2.19. The van der Waals surface area contributed by atoms with Crippen molar-refractivity contribution in [3.8, 4) is 0 Å². The Hall–Kier alpha value is -2.97. The topological polar surface area (TPSA) is 83.4 Å². The van der Waals surface area contributed by atoms with Crippen LogP contribution in [0.5, 0.6) is 0 Å². The summed E-state index contributed by atoms with van der Waals surface area (Å²) < 4.78 is 1.32. The average Bonchev–Trinajstić information content (AvgIpc) is 3.41. The number of benzene rings is 1. The molecule has 0 radical (unpaired) electrons. The van der Waals surface area contributed by atoms with E-state index < -0.39 is 0 Å². The van der Waals surface area contributed by atoms with Gasteiger partial charge in [-0.3, -0.25) is 19.6 Å². The quantitative estimate of drug-likeness (QED) is 0.440. The molecule has 0 spiro atoms. The van der Waals surface area contributed by atoms with Gasteiger partial charge in [-0.1, -0.05) is 37.1 Å². The van der Waals surface area contributed by atoms with Crippen LogP contribution in [0.15, 0.2) is 46.6 Å². The standard InChI is InChI=1S/C22H22ClN5O2S/c1-3-4-10-18-14(2)24-21-25-22(26-28(21)20(18)30)27(13-17-9-6-11-31-17)19(29)15-7-5-8-16(23)12-15/h5-9,11-12H,3-4,10,13H2,1-2H3,(H,24,25,26). The van der Waals surface area contributed by atoms with E-state index in [4.69, 9.17) is 11.6 Å². The number of hydrogen-bond acceptors (Lipinski definition) is 5. The molecule has 31 heavy (non-hydrogen) atoms. The number of nitrogens with one attached hydrogen (secondary N) is 1. The maximum atomic E-state index is 13.4. The van der Waals surface area contributed by atoms with E-state index in [1.165, 1.54) is 20.8 Å². The summed E-state index contributed by atoms with van der Waals surface area (Å²) in [4.78, 5) is 37.9. The molecule has 1 N–H and O–H groups in total. The van der Waals surface area contributed by atoms with Crippen molar-refractivity contribution in [2.75, 3.05) is 4.90 Å². The fraction of sp³-hybridized carbons (Fsp3) is 0.273. The first-order valence-corrected chi connectivity index (χ1v) is 11.3. The van der Waals surface area contributed by atoms with Crippen LogP contribution in [0.3, 0.4) is 0 Å². The Kier molecular flexibility index (Phi) is 6.20. The zero-order valence-corrected chi connectivity index (χ0v) is 18.8. The second kappa shape index (κ2) is 9.03. The Balaban J connectivity index is 1.79. The summed E-state index contributed by atoms with van der Waals surface area (Å²) in [5.41, 5.74) is 1.59. The fourth-order valence-corrected chi connectivity index (χ4v) is 4.27. The van der Waals surface area contributed by atoms with Crippen LogP contribution in [-0.4, -0.2) is 25.5 Å². The molecule has 0 unspecified atom stereocenters. The molecular formula is C22H22ClN5O2S. The van der Waals surface area contributed by atoms with Crippen LogP contribution >= 0.6 is 22.9 Å². The predicted molar refractivity (Wildman–Crippen MR) is 123 cm³/mol. The summed E-state index contributed by atoms with van der Waals surface area (Å²) in [6.07, 6.45) is 2.55. The van der Waals surface area contributed by atoms with Crippen LogP contribution in [0.25, 0.3) is 5.78 Å². The van der Waals surface area contributed by atoms with Gasteiger partial charge in [-0.2, -0.15) is 9.50 Å². The summed E-state index contributed by atoms with van der Waals surface area (Å²) in [5, 5.41) is 5.42. The minimum absolute atomic E-state index is 0.180. The number of hydrogen-bond donors (Lipinski definition) is 1. The molecule has 160 valence electrons. The molecule has 1 aromatic carbocycles. The highest BCUT2D eigenvalue weighted by Crippen LogP contribution is 2.21. The zero-order chi connectivity index (χ0) is 22.0. The highest BCUT2D eigenvalue weighted by atomic mass is 35.5. The third kappa shape index (κ3) is 4.40. The van der Waals surface area contributed by atoms with Gasteiger partial charge in [-0.15, -0.1) is 11.3 Å². The van der Waals surface area contributed by atoms with Gasteiger partial charge in [-0.05, 0) is 49.4 Å². The number of carbonyl (C=O) groups is 1. The summed E-state index contributed by atoms with van der Waals surface area (Å²) in [6.45, 7) is 4.21. The number of rotatable bonds is 7. The molecule has 4 rings (SSSR count). The lowest BCUT2D eigenvalue weighted by molar-refractivity contribution is 0.0983. The molecule has 3 aromatic heterocycles. The molecule has 0 aliphatic rings. The van der Waals surface area contributed by atoms with E-state index >= 15 is 0 Å². The number of H-pyrrole nitrogens is 1. The molecule has 0 aliphatic carbocycles. The van der Waals surface area contributed by atoms with Crippen molar-refractivity contribution in [1.82, 2.24) is 19.6 Å². The molecule has 1 amide bonds. The molecule has 0 saturated heterocycles. The number of unbranched alkanes of at least 4 members (excludes halogenated alkanes) is 1. The molecule has 9 heteroatoms. The van der Waals surface area contributed by atoms with E-state index in [-0.39, 0.29) is 23.2 Å². The normalized spacial score (nSPS) is 11.2. The van der Waals surface area contributed by atoms with Crippen LogP contribution < -0.4 is 10.5 Å². The first kappa shape index (κ1) is 21.3. The molecule has 0 saturated carbocycles. The van der Waals surface area contributed by atoms with E-state index in [1.807, 2.05) is 24.4 Å². The SMILES string of the molecule is CCCCc1c(C)nc2nc(N(Cc3cccs3)C(=O)c3cccc(Cl)c3)[nH]n2c1=O. The van der Waals surface area contributed by atoms with Gasteiger partial charge >= 0.3 is 0 Å². The Labute approximate surface area is 188 Å². The molecule has 0 bridgehead atoms. The largest absolute Gasteiger partial charge is 0.277 e. The lowest BCUT2D eigenvalue weighted by atomic mass is 10.1. The number of thiophene rings is 1. The molecular weight excluding hydrogens is 434 g/mol. The zero-order valence-electron chi connectivity index (χ0n) is 17.3. The minimum atomic E-state index is -0.272. The third-order valence-electron chi connectivity index (χ3n) is 5.03. The summed E-state index contributed by atoms with van der Waals surface area (Å²) >= 11 is 7.64. The maximum absolute atomic E-state index is 13.4. The summed E-state index contributed by atoms with van der Waals surface area (Å²) in [7, 11) is 0. The summed E-state index contributed by atoms with van der Waals surface area (Å²) in [6, 6.07) is 10.6. The van der Waals surface area contributed by atoms with Gasteiger partial charge < -0.3 is 0 Å². The highest BCUT2D eigenvalue weighted by Gasteiger charge is 2.23. The van der Waals surface area contributed by atoms with Crippen molar-refractivity contribution in [3.63, 3.8) is 0 Å². The number of fused-ring (bicyclic) bond motifs is 1. The number of nitrogens with zero attached hydrogens (tertiary/aromatic N) is 4. The van der Waals surface area contributed by atoms with Gasteiger partial charge in [-0.25, -0.2) is 4.98 Å². The van der Waals surface area contributed by atoms with Crippen LogP contribution in [0.4, 0.5) is 5.95 Å². The summed E-state index contributed by atoms with van der Waals surface area (Å²) in [5.74, 6) is 0.230. The van der Waals surface area contributed by atoms with Gasteiger partial charge in [0.25, 0.3) is 17.2 Å². The van der Waals surface area contributed by atoms with Gasteiger partial charge in [0, 0.05) is 21.0 Å². The number of anilines is 1. The maximum Gasteiger partial charge on any atom is 0.277 e. The second-order valence-electron chi connectivity index (χ2n) is 7.25. The molecule has 0 fully saturated rings. The number of aromatic nitrogens is 4. The van der Waals surface area contributed by atoms with Crippen LogP contribution in [0.2, 0.25) is 5.02 Å². The number of carbonyl (C=O) groups excluding carboxylic acids is 1. The monoisotopic (exact) mass is 455 g/mol. The Morgan fingerprint density at radius 1 is 1.26 bits per heavy atom. The molecule has 4 aromatic rings. The molecule has 0 atom stereocenters. The van der Waals surface area contributed by atoms with E-state index in [1.54, 1.807) is 24.3 Å². The van der Waals surface area contributed by atoms with E-state index in [0.29, 0.717) is 34.8 Å². The van der Waals surface area contributed by atoms with Crippen molar-refractivity contribution in [2.45, 2.75) is 39.7 Å². The Morgan fingerprint density at radius 3 is 2.81 bits per heavy atom. The molecule has 3 heterocycles. The van der Waals surface area contributed by atoms with Crippen molar-refractivity contribution in [1.29, 1.82) is 0 Å². The number of aromatic amines is 1. The number of halogens is 1. The van der Waals surface area contributed by atoms with Crippen molar-refractivity contribution < 1.29 is 4.79 Å². The average molecular weight is 456 g/mol. The van der Waals surface area contributed by atoms with Crippen molar-refractivity contribution in [2.24, 2.45) is 0 Å². The highest BCUT2D eigenvalue weighted by molar-refractivity contribution is 7.09. The van der Waals surface area contributed by atoms with Crippen LogP contribution in [-0.2, 0) is 13.0 Å². The van der Waals surface area contributed by atoms with Crippen molar-refractivity contribution >= 4 is 40.6 Å². The van der Waals surface area contributed by atoms with Crippen LogP contribution in [0.1, 0.15) is 46.3 Å². The minimum Gasteiger partial charge on any atom is -0.272 e.